The first-order valence-electron chi connectivity index (χ1n) is 6.54. The Bertz CT molecular complexity index is 443. The third-order valence-electron chi connectivity index (χ3n) is 2.97. The molecule has 0 fully saturated rings. The van der Waals surface area contributed by atoms with Crippen molar-refractivity contribution in [3.63, 3.8) is 0 Å². The Morgan fingerprint density at radius 1 is 1.53 bits per heavy atom. The minimum absolute atomic E-state index is 0.342. The molecule has 0 saturated heterocycles. The lowest BCUT2D eigenvalue weighted by molar-refractivity contribution is -0.140. The first-order chi connectivity index (χ1) is 8.86. The second-order valence-corrected chi connectivity index (χ2v) is 5.86. The molecule has 0 aliphatic heterocycles. The van der Waals surface area contributed by atoms with Gasteiger partial charge in [-0.3, -0.25) is 14.8 Å². The summed E-state index contributed by atoms with van der Waals surface area (Å²) in [7, 11) is 0. The fourth-order valence-corrected chi connectivity index (χ4v) is 2.42. The van der Waals surface area contributed by atoms with Crippen molar-refractivity contribution in [2.24, 2.45) is 5.92 Å². The van der Waals surface area contributed by atoms with E-state index in [0.29, 0.717) is 18.9 Å². The third-order valence-corrected chi connectivity index (χ3v) is 4.01. The van der Waals surface area contributed by atoms with Gasteiger partial charge in [-0.1, -0.05) is 13.8 Å². The van der Waals surface area contributed by atoms with E-state index in [0.717, 1.165) is 22.4 Å². The number of hydrogen-bond acceptors (Lipinski definition) is 3. The van der Waals surface area contributed by atoms with Crippen molar-refractivity contribution >= 4 is 21.9 Å². The minimum Gasteiger partial charge on any atom is -0.480 e. The van der Waals surface area contributed by atoms with Crippen molar-refractivity contribution in [2.75, 3.05) is 0 Å². The first kappa shape index (κ1) is 16.2. The number of nitrogens with one attached hydrogen (secondary N) is 1. The number of halogens is 1. The highest BCUT2D eigenvalue weighted by Crippen LogP contribution is 2.21. The maximum absolute atomic E-state index is 11.2. The van der Waals surface area contributed by atoms with Crippen LogP contribution >= 0.6 is 15.9 Å². The number of hydrogen-bond donors (Lipinski definition) is 2. The van der Waals surface area contributed by atoms with Gasteiger partial charge in [-0.15, -0.1) is 0 Å². The summed E-state index contributed by atoms with van der Waals surface area (Å²) in [5.41, 5.74) is 1.92. The average Bonchev–Trinajstić information content (AvgIpc) is 2.60. The van der Waals surface area contributed by atoms with Crippen LogP contribution in [0.2, 0.25) is 0 Å². The molecule has 0 aromatic carbocycles. The topological polar surface area (TPSA) is 67.2 Å². The molecule has 0 aliphatic carbocycles. The van der Waals surface area contributed by atoms with E-state index in [1.807, 2.05) is 32.4 Å². The molecule has 0 radical (unpaired) electrons. The van der Waals surface area contributed by atoms with E-state index >= 15 is 0 Å². The largest absolute Gasteiger partial charge is 0.480 e. The molecular weight excluding hydrogens is 310 g/mol. The number of aryl methyl sites for hydroxylation is 2. The van der Waals surface area contributed by atoms with Gasteiger partial charge in [-0.05, 0) is 42.1 Å². The van der Waals surface area contributed by atoms with Crippen LogP contribution in [0.5, 0.6) is 0 Å². The van der Waals surface area contributed by atoms with Gasteiger partial charge in [0.05, 0.1) is 15.9 Å². The molecule has 6 heteroatoms. The standard InChI is InChI=1S/C13H22BrN3O2/c1-5-17-11(12(14)9(4)16-17)7-15-10(13(18)19)6-8(2)3/h8,10,15H,5-7H2,1-4H3,(H,18,19). The Balaban J connectivity index is 2.76. The molecule has 1 aromatic heterocycles. The number of aromatic nitrogens is 2. The van der Waals surface area contributed by atoms with E-state index in [-0.39, 0.29) is 0 Å². The van der Waals surface area contributed by atoms with E-state index in [9.17, 15) is 9.90 Å². The Morgan fingerprint density at radius 2 is 2.16 bits per heavy atom. The van der Waals surface area contributed by atoms with Gasteiger partial charge in [0.25, 0.3) is 0 Å². The molecule has 1 rings (SSSR count). The lowest BCUT2D eigenvalue weighted by Gasteiger charge is -2.17. The SMILES string of the molecule is CCn1nc(C)c(Br)c1CNC(CC(C)C)C(=O)O. The summed E-state index contributed by atoms with van der Waals surface area (Å²) in [6, 6.07) is -0.521. The zero-order chi connectivity index (χ0) is 14.6. The molecule has 1 heterocycles. The van der Waals surface area contributed by atoms with Gasteiger partial charge >= 0.3 is 5.97 Å². The summed E-state index contributed by atoms with van der Waals surface area (Å²) in [4.78, 5) is 11.2. The van der Waals surface area contributed by atoms with Gasteiger partial charge in [0, 0.05) is 13.1 Å². The summed E-state index contributed by atoms with van der Waals surface area (Å²) in [5.74, 6) is -0.459. The molecule has 0 spiro atoms. The van der Waals surface area contributed by atoms with Crippen LogP contribution in [-0.2, 0) is 17.9 Å². The molecule has 2 N–H and O–H groups in total. The van der Waals surface area contributed by atoms with Crippen molar-refractivity contribution < 1.29 is 9.90 Å². The van der Waals surface area contributed by atoms with Gasteiger partial charge < -0.3 is 5.11 Å². The lowest BCUT2D eigenvalue weighted by atomic mass is 10.0. The van der Waals surface area contributed by atoms with Crippen LogP contribution in [0.1, 0.15) is 38.6 Å². The quantitative estimate of drug-likeness (QED) is 0.805. The predicted octanol–water partition coefficient (Wildman–Crippen LogP) is 2.56. The molecular formula is C13H22BrN3O2. The van der Waals surface area contributed by atoms with E-state index in [1.165, 1.54) is 0 Å². The second kappa shape index (κ2) is 7.05. The van der Waals surface area contributed by atoms with Gasteiger partial charge in [0.1, 0.15) is 6.04 Å². The average molecular weight is 332 g/mol. The summed E-state index contributed by atoms with van der Waals surface area (Å²) in [6.07, 6.45) is 0.617. The maximum atomic E-state index is 11.2. The Kier molecular flexibility index (Phi) is 6.00. The number of aliphatic carboxylic acids is 1. The van der Waals surface area contributed by atoms with Crippen molar-refractivity contribution in [3.8, 4) is 0 Å². The molecule has 0 aliphatic rings. The zero-order valence-electron chi connectivity index (χ0n) is 11.9. The highest BCUT2D eigenvalue weighted by Gasteiger charge is 2.20. The fourth-order valence-electron chi connectivity index (χ4n) is 2.00. The molecule has 108 valence electrons. The number of carbonyl (C=O) groups is 1. The number of carboxylic acids is 1. The van der Waals surface area contributed by atoms with Crippen molar-refractivity contribution in [1.29, 1.82) is 0 Å². The Labute approximate surface area is 122 Å². The third kappa shape index (κ3) is 4.31. The van der Waals surface area contributed by atoms with Crippen LogP contribution in [0.15, 0.2) is 4.47 Å². The smallest absolute Gasteiger partial charge is 0.320 e. The Hall–Kier alpha value is -0.880. The number of rotatable bonds is 7. The monoisotopic (exact) mass is 331 g/mol. The van der Waals surface area contributed by atoms with Gasteiger partial charge in [-0.25, -0.2) is 0 Å². The van der Waals surface area contributed by atoms with Crippen LogP contribution in [0.4, 0.5) is 0 Å². The zero-order valence-corrected chi connectivity index (χ0v) is 13.5. The Morgan fingerprint density at radius 3 is 2.63 bits per heavy atom. The van der Waals surface area contributed by atoms with Crippen LogP contribution in [0.25, 0.3) is 0 Å². The highest BCUT2D eigenvalue weighted by molar-refractivity contribution is 9.10. The summed E-state index contributed by atoms with van der Waals surface area (Å²) < 4.78 is 2.84. The van der Waals surface area contributed by atoms with Crippen LogP contribution in [-0.4, -0.2) is 26.9 Å². The summed E-state index contributed by atoms with van der Waals surface area (Å²) in [6.45, 7) is 9.26. The fraction of sp³-hybridized carbons (Fsp3) is 0.692. The molecule has 0 saturated carbocycles. The molecule has 5 nitrogen and oxygen atoms in total. The van der Waals surface area contributed by atoms with E-state index in [2.05, 4.69) is 26.3 Å². The molecule has 1 unspecified atom stereocenters. The minimum atomic E-state index is -0.802. The summed E-state index contributed by atoms with van der Waals surface area (Å²) >= 11 is 3.51. The second-order valence-electron chi connectivity index (χ2n) is 5.06. The highest BCUT2D eigenvalue weighted by atomic mass is 79.9. The van der Waals surface area contributed by atoms with Crippen molar-refractivity contribution in [2.45, 2.75) is 53.2 Å². The van der Waals surface area contributed by atoms with Crippen LogP contribution in [0, 0.1) is 12.8 Å². The van der Waals surface area contributed by atoms with Crippen molar-refractivity contribution in [3.05, 3.63) is 15.9 Å². The van der Waals surface area contributed by atoms with E-state index < -0.39 is 12.0 Å². The molecule has 1 aromatic rings. The van der Waals surface area contributed by atoms with Crippen LogP contribution in [0.3, 0.4) is 0 Å². The van der Waals surface area contributed by atoms with Crippen LogP contribution < -0.4 is 5.32 Å². The van der Waals surface area contributed by atoms with E-state index in [1.54, 1.807) is 0 Å². The maximum Gasteiger partial charge on any atom is 0.320 e. The molecule has 19 heavy (non-hydrogen) atoms. The molecule has 0 amide bonds. The van der Waals surface area contributed by atoms with Crippen molar-refractivity contribution in [1.82, 2.24) is 15.1 Å². The predicted molar refractivity (Wildman–Crippen MR) is 78.1 cm³/mol. The summed E-state index contributed by atoms with van der Waals surface area (Å²) in [5, 5.41) is 16.7. The number of carboxylic acid groups (broad SMARTS) is 1. The van der Waals surface area contributed by atoms with E-state index in [4.69, 9.17) is 0 Å². The lowest BCUT2D eigenvalue weighted by Crippen LogP contribution is -2.37. The molecule has 1 atom stereocenters. The van der Waals surface area contributed by atoms with Gasteiger partial charge in [-0.2, -0.15) is 5.10 Å². The molecule has 0 bridgehead atoms. The number of nitrogens with zero attached hydrogens (tertiary/aromatic N) is 2. The van der Waals surface area contributed by atoms with Gasteiger partial charge in [0.2, 0.25) is 0 Å². The first-order valence-corrected chi connectivity index (χ1v) is 7.34. The normalized spacial score (nSPS) is 12.9. The van der Waals surface area contributed by atoms with Gasteiger partial charge in [0.15, 0.2) is 0 Å².